The van der Waals surface area contributed by atoms with Gasteiger partial charge in [0.15, 0.2) is 5.16 Å². The number of fused-ring (bicyclic) bond motifs is 1. The monoisotopic (exact) mass is 388 g/mol. The van der Waals surface area contributed by atoms with Crippen LogP contribution in [0.5, 0.6) is 0 Å². The topological polar surface area (TPSA) is 44.1 Å². The highest BCUT2D eigenvalue weighted by atomic mass is 35.5. The van der Waals surface area contributed by atoms with Gasteiger partial charge in [-0.1, -0.05) is 55.4 Å². The van der Waals surface area contributed by atoms with Crippen LogP contribution in [0.25, 0.3) is 16.6 Å². The molecule has 0 saturated heterocycles. The third-order valence-electron chi connectivity index (χ3n) is 4.12. The van der Waals surface area contributed by atoms with E-state index in [1.54, 1.807) is 29.9 Å². The van der Waals surface area contributed by atoms with Crippen molar-refractivity contribution in [1.82, 2.24) is 9.55 Å². The molecule has 3 rings (SSSR count). The molecule has 1 heterocycles. The molecule has 1 aromatic heterocycles. The molecular weight excluding hydrogens is 368 g/mol. The molecule has 136 valence electrons. The van der Waals surface area contributed by atoms with Crippen LogP contribution < -0.4 is 5.56 Å². The minimum Gasteiger partial charge on any atom is -0.384 e. The van der Waals surface area contributed by atoms with Gasteiger partial charge in [-0.25, -0.2) is 4.98 Å². The minimum atomic E-state index is -0.0836. The van der Waals surface area contributed by atoms with Gasteiger partial charge in [-0.15, -0.1) is 0 Å². The molecule has 4 nitrogen and oxygen atoms in total. The summed E-state index contributed by atoms with van der Waals surface area (Å²) in [6.07, 6.45) is 0. The molecule has 0 unspecified atom stereocenters. The zero-order valence-electron chi connectivity index (χ0n) is 15.0. The van der Waals surface area contributed by atoms with E-state index in [9.17, 15) is 4.79 Å². The van der Waals surface area contributed by atoms with E-state index in [0.717, 1.165) is 11.3 Å². The summed E-state index contributed by atoms with van der Waals surface area (Å²) in [5.74, 6) is 0.995. The average Bonchev–Trinajstić information content (AvgIpc) is 2.62. The Kier molecular flexibility index (Phi) is 6.01. The smallest absolute Gasteiger partial charge is 0.266 e. The van der Waals surface area contributed by atoms with Gasteiger partial charge in [0, 0.05) is 17.9 Å². The van der Waals surface area contributed by atoms with Crippen molar-refractivity contribution < 1.29 is 4.74 Å². The van der Waals surface area contributed by atoms with E-state index < -0.39 is 0 Å². The highest BCUT2D eigenvalue weighted by Crippen LogP contribution is 2.27. The maximum atomic E-state index is 13.3. The Hall–Kier alpha value is -1.82. The molecule has 26 heavy (non-hydrogen) atoms. The summed E-state index contributed by atoms with van der Waals surface area (Å²) in [6.45, 7) is 4.83. The number of hydrogen-bond acceptors (Lipinski definition) is 4. The number of benzene rings is 2. The van der Waals surface area contributed by atoms with Gasteiger partial charge >= 0.3 is 0 Å². The van der Waals surface area contributed by atoms with Crippen LogP contribution in [0.15, 0.2) is 52.4 Å². The van der Waals surface area contributed by atoms with Crippen molar-refractivity contribution >= 4 is 34.3 Å². The number of hydrogen-bond donors (Lipinski definition) is 0. The molecule has 0 aliphatic carbocycles. The van der Waals surface area contributed by atoms with Crippen molar-refractivity contribution in [3.63, 3.8) is 0 Å². The maximum absolute atomic E-state index is 13.3. The zero-order valence-corrected chi connectivity index (χ0v) is 16.6. The van der Waals surface area contributed by atoms with Crippen LogP contribution in [0.1, 0.15) is 25.3 Å². The number of para-hydroxylation sites is 1. The van der Waals surface area contributed by atoms with Crippen LogP contribution in [-0.2, 0) is 4.74 Å². The summed E-state index contributed by atoms with van der Waals surface area (Å²) >= 11 is 7.60. The first-order valence-corrected chi connectivity index (χ1v) is 9.82. The Morgan fingerprint density at radius 2 is 2.00 bits per heavy atom. The van der Waals surface area contributed by atoms with E-state index in [0.29, 0.717) is 33.4 Å². The van der Waals surface area contributed by atoms with Crippen molar-refractivity contribution in [3.05, 3.63) is 63.4 Å². The number of halogens is 1. The predicted octanol–water partition coefficient (Wildman–Crippen LogP) is 4.90. The fourth-order valence-electron chi connectivity index (χ4n) is 2.84. The average molecular weight is 389 g/mol. The van der Waals surface area contributed by atoms with Crippen molar-refractivity contribution in [2.45, 2.75) is 24.9 Å². The summed E-state index contributed by atoms with van der Waals surface area (Å²) < 4.78 is 6.87. The van der Waals surface area contributed by atoms with E-state index in [4.69, 9.17) is 21.3 Å². The number of thioether (sulfide) groups is 1. The van der Waals surface area contributed by atoms with Crippen molar-refractivity contribution in [2.24, 2.45) is 0 Å². The zero-order chi connectivity index (χ0) is 18.7. The van der Waals surface area contributed by atoms with Crippen LogP contribution in [0.3, 0.4) is 0 Å². The number of nitrogens with zero attached hydrogens (tertiary/aromatic N) is 2. The number of ether oxygens (including phenoxy) is 1. The normalized spacial score (nSPS) is 11.4. The second-order valence-electron chi connectivity index (χ2n) is 6.25. The van der Waals surface area contributed by atoms with Gasteiger partial charge < -0.3 is 4.74 Å². The summed E-state index contributed by atoms with van der Waals surface area (Å²) in [6, 6.07) is 13.2. The largest absolute Gasteiger partial charge is 0.384 e. The first kappa shape index (κ1) is 19.0. The quantitative estimate of drug-likeness (QED) is 0.342. The molecule has 6 heteroatoms. The second kappa shape index (κ2) is 8.25. The Morgan fingerprint density at radius 1 is 1.23 bits per heavy atom. The Labute approximate surface area is 162 Å². The highest BCUT2D eigenvalue weighted by molar-refractivity contribution is 7.99. The molecule has 0 amide bonds. The van der Waals surface area contributed by atoms with Gasteiger partial charge in [0.25, 0.3) is 5.56 Å². The van der Waals surface area contributed by atoms with Gasteiger partial charge in [0.1, 0.15) is 0 Å². The van der Waals surface area contributed by atoms with Crippen LogP contribution >= 0.6 is 23.4 Å². The SMILES string of the molecule is COCCSc1nc2cc(Cl)ccc2c(=O)n1-c1ccccc1C(C)C. The van der Waals surface area contributed by atoms with Crippen LogP contribution in [0, 0.1) is 0 Å². The lowest BCUT2D eigenvalue weighted by Crippen LogP contribution is -2.23. The van der Waals surface area contributed by atoms with Crippen LogP contribution in [0.2, 0.25) is 5.02 Å². The molecule has 0 saturated carbocycles. The molecule has 0 atom stereocenters. The third kappa shape index (κ3) is 3.80. The molecule has 3 aromatic rings. The minimum absolute atomic E-state index is 0.0836. The highest BCUT2D eigenvalue weighted by Gasteiger charge is 2.17. The van der Waals surface area contributed by atoms with E-state index in [1.165, 1.54) is 11.8 Å². The summed E-state index contributed by atoms with van der Waals surface area (Å²) in [5.41, 5.74) is 2.51. The van der Waals surface area contributed by atoms with Crippen molar-refractivity contribution in [3.8, 4) is 5.69 Å². The van der Waals surface area contributed by atoms with Gasteiger partial charge in [-0.2, -0.15) is 0 Å². The molecule has 0 aliphatic rings. The molecule has 0 spiro atoms. The van der Waals surface area contributed by atoms with Gasteiger partial charge in [-0.3, -0.25) is 9.36 Å². The maximum Gasteiger partial charge on any atom is 0.266 e. The summed E-state index contributed by atoms with van der Waals surface area (Å²) in [7, 11) is 1.66. The molecule has 0 bridgehead atoms. The van der Waals surface area contributed by atoms with E-state index >= 15 is 0 Å². The molecular formula is C20H21ClN2O2S. The van der Waals surface area contributed by atoms with E-state index in [-0.39, 0.29) is 11.5 Å². The Bertz CT molecular complexity index is 985. The predicted molar refractivity (Wildman–Crippen MR) is 109 cm³/mol. The number of aromatic nitrogens is 2. The number of methoxy groups -OCH3 is 1. The first-order chi connectivity index (χ1) is 12.5. The van der Waals surface area contributed by atoms with Crippen molar-refractivity contribution in [2.75, 3.05) is 19.5 Å². The van der Waals surface area contributed by atoms with Crippen LogP contribution in [-0.4, -0.2) is 29.0 Å². The van der Waals surface area contributed by atoms with E-state index in [1.807, 2.05) is 18.2 Å². The van der Waals surface area contributed by atoms with Crippen LogP contribution in [0.4, 0.5) is 0 Å². The Morgan fingerprint density at radius 3 is 2.73 bits per heavy atom. The lowest BCUT2D eigenvalue weighted by Gasteiger charge is -2.18. The summed E-state index contributed by atoms with van der Waals surface area (Å²) in [5, 5.41) is 1.77. The molecule has 0 aliphatic heterocycles. The van der Waals surface area contributed by atoms with Gasteiger partial charge in [0.2, 0.25) is 0 Å². The third-order valence-corrected chi connectivity index (χ3v) is 5.26. The van der Waals surface area contributed by atoms with Gasteiger partial charge in [0.05, 0.1) is 23.2 Å². The molecule has 0 fully saturated rings. The first-order valence-electron chi connectivity index (χ1n) is 8.46. The van der Waals surface area contributed by atoms with Crippen molar-refractivity contribution in [1.29, 1.82) is 0 Å². The molecule has 0 radical (unpaired) electrons. The van der Waals surface area contributed by atoms with E-state index in [2.05, 4.69) is 19.9 Å². The fraction of sp³-hybridized carbons (Fsp3) is 0.300. The number of rotatable bonds is 6. The summed E-state index contributed by atoms with van der Waals surface area (Å²) in [4.78, 5) is 18.0. The lowest BCUT2D eigenvalue weighted by atomic mass is 10.0. The second-order valence-corrected chi connectivity index (χ2v) is 7.75. The fourth-order valence-corrected chi connectivity index (χ4v) is 3.92. The standard InChI is InChI=1S/C20H21ClN2O2S/c1-13(2)15-6-4-5-7-18(15)23-19(24)16-9-8-14(21)12-17(16)22-20(23)26-11-10-25-3/h4-9,12-13H,10-11H2,1-3H3. The lowest BCUT2D eigenvalue weighted by molar-refractivity contribution is 0.218. The molecule has 2 aromatic carbocycles. The molecule has 0 N–H and O–H groups in total. The Balaban J connectivity index is 2.28. The van der Waals surface area contributed by atoms with Gasteiger partial charge in [-0.05, 0) is 35.7 Å².